The quantitative estimate of drug-likeness (QED) is 0.756. The van der Waals surface area contributed by atoms with E-state index in [0.717, 1.165) is 23.3 Å². The number of ketones is 2. The van der Waals surface area contributed by atoms with Gasteiger partial charge in [-0.1, -0.05) is 48.6 Å². The summed E-state index contributed by atoms with van der Waals surface area (Å²) in [6.45, 7) is 1.53. The van der Waals surface area contributed by atoms with Gasteiger partial charge in [0.25, 0.3) is 0 Å². The monoisotopic (exact) mass is 334 g/mol. The highest BCUT2D eigenvalue weighted by atomic mass is 16.5. The van der Waals surface area contributed by atoms with Crippen molar-refractivity contribution >= 4 is 17.6 Å². The molecule has 128 valence electrons. The Morgan fingerprint density at radius 3 is 2.76 bits per heavy atom. The largest absolute Gasteiger partial charge is 0.497 e. The van der Waals surface area contributed by atoms with Crippen LogP contribution in [0, 0.1) is 5.41 Å². The summed E-state index contributed by atoms with van der Waals surface area (Å²) in [6.07, 6.45) is 5.63. The van der Waals surface area contributed by atoms with Crippen LogP contribution in [-0.2, 0) is 11.2 Å². The average Bonchev–Trinajstić information content (AvgIpc) is 2.64. The zero-order chi connectivity index (χ0) is 17.9. The fourth-order valence-corrected chi connectivity index (χ4v) is 3.49. The van der Waals surface area contributed by atoms with E-state index in [1.165, 1.54) is 6.92 Å². The molecule has 0 amide bonds. The van der Waals surface area contributed by atoms with Gasteiger partial charge in [0.2, 0.25) is 0 Å². The zero-order valence-corrected chi connectivity index (χ0v) is 14.6. The number of ether oxygens (including phenoxy) is 1. The van der Waals surface area contributed by atoms with Gasteiger partial charge >= 0.3 is 0 Å². The van der Waals surface area contributed by atoms with Gasteiger partial charge in [-0.25, -0.2) is 0 Å². The summed E-state index contributed by atoms with van der Waals surface area (Å²) in [7, 11) is 1.63. The standard InChI is InChI=1S/C22H22O3/c1-16(23)22(13-6-8-17-7-5-10-19(15-17)25-2)14-12-18-9-3-4-11-20(18)21(22)24/h3-11,15H,12-14H2,1-2H3/b8-6+/t22-/m1/s1. The van der Waals surface area contributed by atoms with E-state index in [1.54, 1.807) is 7.11 Å². The highest BCUT2D eigenvalue weighted by Gasteiger charge is 2.45. The molecule has 0 saturated carbocycles. The normalized spacial score (nSPS) is 19.7. The van der Waals surface area contributed by atoms with Crippen molar-refractivity contribution in [3.63, 3.8) is 0 Å². The third-order valence-electron chi connectivity index (χ3n) is 5.06. The molecule has 3 rings (SSSR count). The van der Waals surface area contributed by atoms with Crippen LogP contribution in [0.3, 0.4) is 0 Å². The van der Waals surface area contributed by atoms with Gasteiger partial charge in [-0.3, -0.25) is 9.59 Å². The average molecular weight is 334 g/mol. The molecule has 0 spiro atoms. The molecule has 2 aromatic carbocycles. The lowest BCUT2D eigenvalue weighted by molar-refractivity contribution is -0.124. The molecule has 0 saturated heterocycles. The highest BCUT2D eigenvalue weighted by Crippen LogP contribution is 2.39. The Morgan fingerprint density at radius 2 is 2.00 bits per heavy atom. The maximum absolute atomic E-state index is 13.0. The third-order valence-corrected chi connectivity index (χ3v) is 5.06. The summed E-state index contributed by atoms with van der Waals surface area (Å²) in [6, 6.07) is 15.3. The fourth-order valence-electron chi connectivity index (χ4n) is 3.49. The lowest BCUT2D eigenvalue weighted by atomic mass is 9.66. The van der Waals surface area contributed by atoms with Crippen molar-refractivity contribution in [1.29, 1.82) is 0 Å². The molecule has 25 heavy (non-hydrogen) atoms. The molecule has 0 N–H and O–H groups in total. The van der Waals surface area contributed by atoms with Crippen molar-refractivity contribution < 1.29 is 14.3 Å². The van der Waals surface area contributed by atoms with Crippen LogP contribution in [0.1, 0.15) is 41.3 Å². The van der Waals surface area contributed by atoms with Crippen molar-refractivity contribution in [2.45, 2.75) is 26.2 Å². The van der Waals surface area contributed by atoms with Gasteiger partial charge in [0.15, 0.2) is 5.78 Å². The minimum absolute atomic E-state index is 0.0443. The van der Waals surface area contributed by atoms with E-state index in [9.17, 15) is 9.59 Å². The van der Waals surface area contributed by atoms with Crippen molar-refractivity contribution in [3.05, 3.63) is 71.3 Å². The Hall–Kier alpha value is -2.68. The summed E-state index contributed by atoms with van der Waals surface area (Å²) >= 11 is 0. The number of hydrogen-bond acceptors (Lipinski definition) is 3. The number of carbonyl (C=O) groups excluding carboxylic acids is 2. The first-order valence-electron chi connectivity index (χ1n) is 8.51. The summed E-state index contributed by atoms with van der Waals surface area (Å²) < 4.78 is 5.22. The molecule has 0 aromatic heterocycles. The fraction of sp³-hybridized carbons (Fsp3) is 0.273. The first-order valence-corrected chi connectivity index (χ1v) is 8.51. The second-order valence-corrected chi connectivity index (χ2v) is 6.51. The molecule has 0 aliphatic heterocycles. The van der Waals surface area contributed by atoms with Crippen LogP contribution in [0.5, 0.6) is 5.75 Å². The molecule has 3 heteroatoms. The van der Waals surface area contributed by atoms with E-state index in [0.29, 0.717) is 18.4 Å². The summed E-state index contributed by atoms with van der Waals surface area (Å²) in [5.74, 6) is 0.686. The van der Waals surface area contributed by atoms with Crippen molar-refractivity contribution in [3.8, 4) is 5.75 Å². The first kappa shape index (κ1) is 17.2. The minimum atomic E-state index is -0.941. The van der Waals surface area contributed by atoms with Crippen molar-refractivity contribution in [2.24, 2.45) is 5.41 Å². The number of hydrogen-bond donors (Lipinski definition) is 0. The molecule has 0 heterocycles. The Labute approximate surface area is 148 Å². The van der Waals surface area contributed by atoms with Gasteiger partial charge in [0.1, 0.15) is 11.5 Å². The number of carbonyl (C=O) groups is 2. The van der Waals surface area contributed by atoms with E-state index < -0.39 is 5.41 Å². The van der Waals surface area contributed by atoms with Gasteiger partial charge < -0.3 is 4.74 Å². The number of allylic oxidation sites excluding steroid dienone is 1. The molecule has 0 unspecified atom stereocenters. The molecular weight excluding hydrogens is 312 g/mol. The summed E-state index contributed by atoms with van der Waals surface area (Å²) in [5.41, 5.74) is 1.78. The van der Waals surface area contributed by atoms with Crippen LogP contribution < -0.4 is 4.74 Å². The van der Waals surface area contributed by atoms with Crippen molar-refractivity contribution in [2.75, 3.05) is 7.11 Å². The molecule has 2 aromatic rings. The Morgan fingerprint density at radius 1 is 1.20 bits per heavy atom. The molecule has 0 radical (unpaired) electrons. The van der Waals surface area contributed by atoms with Crippen LogP contribution in [0.15, 0.2) is 54.6 Å². The smallest absolute Gasteiger partial charge is 0.176 e. The first-order chi connectivity index (χ1) is 12.1. The summed E-state index contributed by atoms with van der Waals surface area (Å²) in [5, 5.41) is 0. The topological polar surface area (TPSA) is 43.4 Å². The van der Waals surface area contributed by atoms with Crippen LogP contribution in [-0.4, -0.2) is 18.7 Å². The van der Waals surface area contributed by atoms with Crippen LogP contribution in [0.25, 0.3) is 6.08 Å². The number of Topliss-reactive ketones (excluding diaryl/α,β-unsaturated/α-hetero) is 2. The van der Waals surface area contributed by atoms with E-state index in [2.05, 4.69) is 0 Å². The number of fused-ring (bicyclic) bond motifs is 1. The molecule has 3 nitrogen and oxygen atoms in total. The van der Waals surface area contributed by atoms with Crippen LogP contribution in [0.4, 0.5) is 0 Å². The number of benzene rings is 2. The SMILES string of the molecule is COc1cccc(/C=C/C[C@]2(C(C)=O)CCc3ccccc3C2=O)c1. The molecule has 1 aliphatic rings. The number of methoxy groups -OCH3 is 1. The third kappa shape index (κ3) is 3.27. The van der Waals surface area contributed by atoms with Gasteiger partial charge in [-0.15, -0.1) is 0 Å². The predicted molar refractivity (Wildman–Crippen MR) is 98.9 cm³/mol. The van der Waals surface area contributed by atoms with E-state index in [-0.39, 0.29) is 11.6 Å². The van der Waals surface area contributed by atoms with Gasteiger partial charge in [-0.2, -0.15) is 0 Å². The highest BCUT2D eigenvalue weighted by molar-refractivity contribution is 6.15. The predicted octanol–water partition coefficient (Wildman–Crippen LogP) is 4.50. The zero-order valence-electron chi connectivity index (χ0n) is 14.6. The number of rotatable bonds is 5. The van der Waals surface area contributed by atoms with Gasteiger partial charge in [-0.05, 0) is 49.4 Å². The molecular formula is C22H22O3. The van der Waals surface area contributed by atoms with E-state index >= 15 is 0 Å². The minimum Gasteiger partial charge on any atom is -0.497 e. The summed E-state index contributed by atoms with van der Waals surface area (Å²) in [4.78, 5) is 25.5. The van der Waals surface area contributed by atoms with Crippen molar-refractivity contribution in [1.82, 2.24) is 0 Å². The second-order valence-electron chi connectivity index (χ2n) is 6.51. The molecule has 0 fully saturated rings. The number of aryl methyl sites for hydroxylation is 1. The van der Waals surface area contributed by atoms with Crippen LogP contribution >= 0.6 is 0 Å². The second kappa shape index (κ2) is 7.06. The van der Waals surface area contributed by atoms with Gasteiger partial charge in [0, 0.05) is 5.56 Å². The lowest BCUT2D eigenvalue weighted by Crippen LogP contribution is -2.41. The van der Waals surface area contributed by atoms with Crippen LogP contribution in [0.2, 0.25) is 0 Å². The maximum atomic E-state index is 13.0. The maximum Gasteiger partial charge on any atom is 0.176 e. The van der Waals surface area contributed by atoms with E-state index in [1.807, 2.05) is 60.7 Å². The van der Waals surface area contributed by atoms with E-state index in [4.69, 9.17) is 4.74 Å². The Bertz CT molecular complexity index is 835. The molecule has 1 aliphatic carbocycles. The Kier molecular flexibility index (Phi) is 4.84. The molecule has 1 atom stereocenters. The Balaban J connectivity index is 1.86. The molecule has 0 bridgehead atoms. The van der Waals surface area contributed by atoms with Gasteiger partial charge in [0.05, 0.1) is 12.5 Å². The lowest BCUT2D eigenvalue weighted by Gasteiger charge is -2.33.